The van der Waals surface area contributed by atoms with E-state index in [1.807, 2.05) is 12.1 Å². The van der Waals surface area contributed by atoms with Gasteiger partial charge in [-0.05, 0) is 30.5 Å². The van der Waals surface area contributed by atoms with E-state index in [4.69, 9.17) is 0 Å². The van der Waals surface area contributed by atoms with E-state index in [1.165, 1.54) is 25.3 Å². The van der Waals surface area contributed by atoms with Gasteiger partial charge in [0.15, 0.2) is 0 Å². The van der Waals surface area contributed by atoms with E-state index in [1.54, 1.807) is 12.1 Å². The second-order valence-electron chi connectivity index (χ2n) is 4.95. The fourth-order valence-electron chi connectivity index (χ4n) is 2.45. The summed E-state index contributed by atoms with van der Waals surface area (Å²) < 4.78 is 0. The fourth-order valence-corrected chi connectivity index (χ4v) is 2.45. The number of amides is 1. The summed E-state index contributed by atoms with van der Waals surface area (Å²) in [5.41, 5.74) is 1.49. The molecule has 100 valence electrons. The van der Waals surface area contributed by atoms with E-state index in [-0.39, 0.29) is 5.91 Å². The van der Waals surface area contributed by atoms with Gasteiger partial charge in [-0.2, -0.15) is 4.99 Å². The molecule has 0 saturated heterocycles. The third kappa shape index (κ3) is 4.34. The van der Waals surface area contributed by atoms with Gasteiger partial charge in [0, 0.05) is 6.04 Å². The van der Waals surface area contributed by atoms with Gasteiger partial charge in [0.1, 0.15) is 0 Å². The molecule has 0 radical (unpaired) electrons. The van der Waals surface area contributed by atoms with E-state index in [0.717, 1.165) is 18.4 Å². The van der Waals surface area contributed by atoms with Crippen LogP contribution in [-0.4, -0.2) is 18.0 Å². The lowest BCUT2D eigenvalue weighted by molar-refractivity contribution is -0.121. The summed E-state index contributed by atoms with van der Waals surface area (Å²) in [5, 5.41) is 3.08. The first-order valence-corrected chi connectivity index (χ1v) is 6.74. The number of hydrogen-bond acceptors (Lipinski definition) is 3. The Hall–Kier alpha value is -1.93. The smallest absolute Gasteiger partial charge is 0.240 e. The molecule has 1 fully saturated rings. The van der Waals surface area contributed by atoms with Gasteiger partial charge in [-0.3, -0.25) is 4.79 Å². The highest BCUT2D eigenvalue weighted by Crippen LogP contribution is 2.18. The molecule has 1 saturated carbocycles. The fraction of sp³-hybridized carbons (Fsp3) is 0.467. The topological polar surface area (TPSA) is 58.5 Å². The van der Waals surface area contributed by atoms with E-state index in [2.05, 4.69) is 10.3 Å². The van der Waals surface area contributed by atoms with E-state index in [9.17, 15) is 9.59 Å². The van der Waals surface area contributed by atoms with Crippen LogP contribution in [0.5, 0.6) is 0 Å². The summed E-state index contributed by atoms with van der Waals surface area (Å²) in [6.07, 6.45) is 7.77. The van der Waals surface area contributed by atoms with Gasteiger partial charge in [-0.1, -0.05) is 31.4 Å². The van der Waals surface area contributed by atoms with Crippen LogP contribution in [0.15, 0.2) is 29.3 Å². The van der Waals surface area contributed by atoms with Crippen molar-refractivity contribution >= 4 is 17.7 Å². The van der Waals surface area contributed by atoms with E-state index in [0.29, 0.717) is 18.2 Å². The summed E-state index contributed by atoms with van der Waals surface area (Å²) in [6, 6.07) is 7.41. The minimum Gasteiger partial charge on any atom is -0.353 e. The summed E-state index contributed by atoms with van der Waals surface area (Å²) in [5.74, 6) is 0.0681. The lowest BCUT2D eigenvalue weighted by Crippen LogP contribution is -2.37. The summed E-state index contributed by atoms with van der Waals surface area (Å²) in [4.78, 5) is 25.5. The number of isocyanates is 1. The van der Waals surface area contributed by atoms with Crippen LogP contribution in [-0.2, 0) is 16.0 Å². The molecule has 0 spiro atoms. The maximum Gasteiger partial charge on any atom is 0.240 e. The quantitative estimate of drug-likeness (QED) is 0.666. The molecule has 1 aromatic carbocycles. The van der Waals surface area contributed by atoms with Crippen molar-refractivity contribution < 1.29 is 9.59 Å². The number of carbonyl (C=O) groups is 1. The molecule has 0 unspecified atom stereocenters. The third-order valence-corrected chi connectivity index (χ3v) is 3.45. The molecule has 1 aromatic rings. The van der Waals surface area contributed by atoms with E-state index < -0.39 is 0 Å². The van der Waals surface area contributed by atoms with Crippen molar-refractivity contribution in [2.75, 3.05) is 0 Å². The van der Waals surface area contributed by atoms with Gasteiger partial charge >= 0.3 is 0 Å². The Balaban J connectivity index is 1.85. The highest BCUT2D eigenvalue weighted by molar-refractivity contribution is 5.79. The van der Waals surface area contributed by atoms with Crippen LogP contribution in [0.1, 0.15) is 37.7 Å². The second-order valence-corrected chi connectivity index (χ2v) is 4.95. The lowest BCUT2D eigenvalue weighted by atomic mass is 9.95. The average Bonchev–Trinajstić information content (AvgIpc) is 2.42. The molecule has 2 rings (SSSR count). The molecule has 19 heavy (non-hydrogen) atoms. The average molecular weight is 258 g/mol. The molecule has 0 aromatic heterocycles. The Bertz CT molecular complexity index is 469. The predicted octanol–water partition coefficient (Wildman–Crippen LogP) is 2.65. The molecule has 1 aliphatic rings. The molecule has 4 heteroatoms. The maximum atomic E-state index is 11.9. The number of benzene rings is 1. The molecule has 1 amide bonds. The molecule has 4 nitrogen and oxygen atoms in total. The van der Waals surface area contributed by atoms with Gasteiger partial charge in [0.25, 0.3) is 0 Å². The summed E-state index contributed by atoms with van der Waals surface area (Å²) in [6.45, 7) is 0. The number of aliphatic imine (C=N–C) groups is 1. The number of carbonyl (C=O) groups excluding carboxylic acids is 2. The SMILES string of the molecule is O=C=Nc1ccc(CC(=O)NC2CCCCC2)cc1. The lowest BCUT2D eigenvalue weighted by Gasteiger charge is -2.22. The van der Waals surface area contributed by atoms with Crippen LogP contribution in [0, 0.1) is 0 Å². The molecule has 0 heterocycles. The van der Waals surface area contributed by atoms with Gasteiger partial charge in [0.2, 0.25) is 12.0 Å². The first-order chi connectivity index (χ1) is 9.28. The monoisotopic (exact) mass is 258 g/mol. The molecule has 0 atom stereocenters. The number of rotatable bonds is 4. The van der Waals surface area contributed by atoms with Crippen molar-refractivity contribution in [2.45, 2.75) is 44.6 Å². The van der Waals surface area contributed by atoms with Crippen molar-refractivity contribution in [3.63, 3.8) is 0 Å². The second kappa shape index (κ2) is 6.86. The van der Waals surface area contributed by atoms with Crippen molar-refractivity contribution in [3.05, 3.63) is 29.8 Å². The van der Waals surface area contributed by atoms with Crippen LogP contribution < -0.4 is 5.32 Å². The molecule has 1 N–H and O–H groups in total. The third-order valence-electron chi connectivity index (χ3n) is 3.45. The van der Waals surface area contributed by atoms with E-state index >= 15 is 0 Å². The number of nitrogens with one attached hydrogen (secondary N) is 1. The Morgan fingerprint density at radius 1 is 1.21 bits per heavy atom. The van der Waals surface area contributed by atoms with Gasteiger partial charge < -0.3 is 5.32 Å². The largest absolute Gasteiger partial charge is 0.353 e. The Kier molecular flexibility index (Phi) is 4.87. The van der Waals surface area contributed by atoms with Crippen molar-refractivity contribution in [3.8, 4) is 0 Å². The zero-order chi connectivity index (χ0) is 13.5. The first kappa shape index (κ1) is 13.5. The predicted molar refractivity (Wildman–Crippen MR) is 72.9 cm³/mol. The number of hydrogen-bond donors (Lipinski definition) is 1. The zero-order valence-corrected chi connectivity index (χ0v) is 10.9. The van der Waals surface area contributed by atoms with Crippen LogP contribution >= 0.6 is 0 Å². The van der Waals surface area contributed by atoms with Crippen LogP contribution in [0.25, 0.3) is 0 Å². The maximum absolute atomic E-state index is 11.9. The van der Waals surface area contributed by atoms with Crippen LogP contribution in [0.3, 0.4) is 0 Å². The standard InChI is InChI=1S/C15H18N2O2/c18-11-16-13-8-6-12(7-9-13)10-15(19)17-14-4-2-1-3-5-14/h6-9,14H,1-5,10H2,(H,17,19). The summed E-state index contributed by atoms with van der Waals surface area (Å²) >= 11 is 0. The minimum atomic E-state index is 0.0681. The Morgan fingerprint density at radius 3 is 2.53 bits per heavy atom. The van der Waals surface area contributed by atoms with Crippen molar-refractivity contribution in [1.29, 1.82) is 0 Å². The van der Waals surface area contributed by atoms with Crippen molar-refractivity contribution in [1.82, 2.24) is 5.32 Å². The molecular formula is C15H18N2O2. The normalized spacial score (nSPS) is 15.6. The molecule has 1 aliphatic carbocycles. The molecule has 0 aliphatic heterocycles. The Morgan fingerprint density at radius 2 is 1.89 bits per heavy atom. The van der Waals surface area contributed by atoms with Gasteiger partial charge in [0.05, 0.1) is 12.1 Å². The molecular weight excluding hydrogens is 240 g/mol. The van der Waals surface area contributed by atoms with Crippen LogP contribution in [0.2, 0.25) is 0 Å². The van der Waals surface area contributed by atoms with Gasteiger partial charge in [-0.25, -0.2) is 4.79 Å². The highest BCUT2D eigenvalue weighted by atomic mass is 16.1. The Labute approximate surface area is 112 Å². The van der Waals surface area contributed by atoms with Gasteiger partial charge in [-0.15, -0.1) is 0 Å². The van der Waals surface area contributed by atoms with Crippen LogP contribution in [0.4, 0.5) is 5.69 Å². The zero-order valence-electron chi connectivity index (χ0n) is 10.9. The highest BCUT2D eigenvalue weighted by Gasteiger charge is 2.15. The summed E-state index contributed by atoms with van der Waals surface area (Å²) in [7, 11) is 0. The first-order valence-electron chi connectivity index (χ1n) is 6.74. The van der Waals surface area contributed by atoms with Crippen molar-refractivity contribution in [2.24, 2.45) is 4.99 Å². The minimum absolute atomic E-state index is 0.0681. The number of nitrogens with zero attached hydrogens (tertiary/aromatic N) is 1. The molecule has 0 bridgehead atoms.